The molecule has 5 atom stereocenters. The highest BCUT2D eigenvalue weighted by molar-refractivity contribution is 5.68. The summed E-state index contributed by atoms with van der Waals surface area (Å²) in [6.07, 6.45) is -5.65. The molecule has 0 N–H and O–H groups in total. The largest absolute Gasteiger partial charge is 0.463 e. The van der Waals surface area contributed by atoms with Crippen LogP contribution in [0, 0.1) is 0 Å². The average molecular weight is 376 g/mol. The molecular formula is C16H24O10. The second-order valence-electron chi connectivity index (χ2n) is 5.52. The zero-order valence-corrected chi connectivity index (χ0v) is 15.4. The van der Waals surface area contributed by atoms with Gasteiger partial charge in [-0.2, -0.15) is 0 Å². The molecule has 1 rings (SSSR count). The van der Waals surface area contributed by atoms with Gasteiger partial charge in [-0.05, 0) is 6.92 Å². The number of esters is 4. The number of ether oxygens (including phenoxy) is 6. The fourth-order valence-electron chi connectivity index (χ4n) is 2.49. The summed E-state index contributed by atoms with van der Waals surface area (Å²) in [6, 6.07) is 0. The van der Waals surface area contributed by atoms with E-state index in [1.807, 2.05) is 0 Å². The highest BCUT2D eigenvalue weighted by Crippen LogP contribution is 2.29. The van der Waals surface area contributed by atoms with Crippen LogP contribution < -0.4 is 0 Å². The normalized spacial score (nSPS) is 28.0. The maximum absolute atomic E-state index is 11.5. The van der Waals surface area contributed by atoms with E-state index in [2.05, 4.69) is 0 Å². The lowest BCUT2D eigenvalue weighted by atomic mass is 9.98. The molecule has 3 unspecified atom stereocenters. The summed E-state index contributed by atoms with van der Waals surface area (Å²) in [5.74, 6) is -2.61. The van der Waals surface area contributed by atoms with E-state index >= 15 is 0 Å². The Morgan fingerprint density at radius 2 is 1.27 bits per heavy atom. The minimum Gasteiger partial charge on any atom is -0.463 e. The van der Waals surface area contributed by atoms with Gasteiger partial charge in [0.1, 0.15) is 12.7 Å². The molecule has 0 spiro atoms. The summed E-state index contributed by atoms with van der Waals surface area (Å²) in [4.78, 5) is 45.6. The Morgan fingerprint density at radius 1 is 0.769 bits per heavy atom. The highest BCUT2D eigenvalue weighted by atomic mass is 16.7. The maximum Gasteiger partial charge on any atom is 0.303 e. The van der Waals surface area contributed by atoms with E-state index < -0.39 is 54.6 Å². The third kappa shape index (κ3) is 6.60. The molecule has 1 heterocycles. The number of rotatable bonds is 7. The standard InChI is InChI=1S/C16H24O10/c1-6-21-16-15(25-11(5)20)14(24-10(4)19)13(23-9(3)18)12(26-16)7-22-8(2)17/h12-16H,6-7H2,1-5H3/t12-,13?,14+,15?,16?/m1/s1. The average Bonchev–Trinajstić information content (AvgIpc) is 2.50. The Hall–Kier alpha value is -2.20. The molecule has 26 heavy (non-hydrogen) atoms. The van der Waals surface area contributed by atoms with Crippen LogP contribution in [0.2, 0.25) is 0 Å². The Bertz CT molecular complexity index is 531. The van der Waals surface area contributed by atoms with Crippen LogP contribution >= 0.6 is 0 Å². The molecule has 10 nitrogen and oxygen atoms in total. The number of hydrogen-bond donors (Lipinski definition) is 0. The molecule has 1 aliphatic heterocycles. The third-order valence-electron chi connectivity index (χ3n) is 3.28. The Kier molecular flexibility index (Phi) is 8.46. The van der Waals surface area contributed by atoms with Crippen molar-refractivity contribution in [1.82, 2.24) is 0 Å². The molecule has 0 aromatic carbocycles. The SMILES string of the molecule is CCOC1O[C@H](COC(C)=O)C(OC(C)=O)[C@H](OC(C)=O)C1OC(C)=O. The number of carbonyl (C=O) groups is 4. The van der Waals surface area contributed by atoms with Crippen LogP contribution in [0.1, 0.15) is 34.6 Å². The van der Waals surface area contributed by atoms with E-state index in [1.165, 1.54) is 13.8 Å². The molecule has 1 aliphatic rings. The Labute approximate surface area is 151 Å². The maximum atomic E-state index is 11.5. The van der Waals surface area contributed by atoms with Crippen molar-refractivity contribution < 1.29 is 47.6 Å². The van der Waals surface area contributed by atoms with Crippen molar-refractivity contribution in [1.29, 1.82) is 0 Å². The summed E-state index contributed by atoms with van der Waals surface area (Å²) in [6.45, 7) is 6.29. The topological polar surface area (TPSA) is 124 Å². The van der Waals surface area contributed by atoms with E-state index in [0.717, 1.165) is 13.8 Å². The monoisotopic (exact) mass is 376 g/mol. The fraction of sp³-hybridized carbons (Fsp3) is 0.750. The second kappa shape index (κ2) is 10.1. The molecule has 0 amide bonds. The quantitative estimate of drug-likeness (QED) is 0.446. The summed E-state index contributed by atoms with van der Waals surface area (Å²) >= 11 is 0. The molecule has 0 aromatic heterocycles. The van der Waals surface area contributed by atoms with Gasteiger partial charge in [0.05, 0.1) is 0 Å². The zero-order valence-electron chi connectivity index (χ0n) is 15.4. The minimum absolute atomic E-state index is 0.202. The molecule has 0 saturated carbocycles. The first-order chi connectivity index (χ1) is 12.1. The van der Waals surface area contributed by atoms with Gasteiger partial charge in [0, 0.05) is 34.3 Å². The van der Waals surface area contributed by atoms with Gasteiger partial charge >= 0.3 is 23.9 Å². The molecule has 0 aliphatic carbocycles. The van der Waals surface area contributed by atoms with Crippen molar-refractivity contribution in [2.75, 3.05) is 13.2 Å². The number of hydrogen-bond acceptors (Lipinski definition) is 10. The fourth-order valence-corrected chi connectivity index (χ4v) is 2.49. The minimum atomic E-state index is -1.20. The number of carbonyl (C=O) groups excluding carboxylic acids is 4. The predicted molar refractivity (Wildman–Crippen MR) is 83.6 cm³/mol. The van der Waals surface area contributed by atoms with Crippen LogP contribution in [-0.2, 0) is 47.6 Å². The van der Waals surface area contributed by atoms with Crippen molar-refractivity contribution >= 4 is 23.9 Å². The van der Waals surface area contributed by atoms with Crippen LogP contribution in [0.5, 0.6) is 0 Å². The first-order valence-electron chi connectivity index (χ1n) is 8.07. The van der Waals surface area contributed by atoms with Crippen molar-refractivity contribution in [2.45, 2.75) is 65.3 Å². The first kappa shape index (κ1) is 21.8. The van der Waals surface area contributed by atoms with Gasteiger partial charge in [-0.25, -0.2) is 0 Å². The molecule has 148 valence electrons. The summed E-state index contributed by atoms with van der Waals surface area (Å²) in [5, 5.41) is 0. The van der Waals surface area contributed by atoms with E-state index in [0.29, 0.717) is 0 Å². The summed E-state index contributed by atoms with van der Waals surface area (Å²) in [5.41, 5.74) is 0. The van der Waals surface area contributed by atoms with Gasteiger partial charge in [0.2, 0.25) is 0 Å². The first-order valence-corrected chi connectivity index (χ1v) is 8.07. The molecular weight excluding hydrogens is 352 g/mol. The van der Waals surface area contributed by atoms with E-state index in [9.17, 15) is 19.2 Å². The van der Waals surface area contributed by atoms with Crippen molar-refractivity contribution in [3.63, 3.8) is 0 Å². The van der Waals surface area contributed by atoms with Crippen molar-refractivity contribution in [2.24, 2.45) is 0 Å². The lowest BCUT2D eigenvalue weighted by molar-refractivity contribution is -0.307. The van der Waals surface area contributed by atoms with Gasteiger partial charge in [0.15, 0.2) is 24.6 Å². The van der Waals surface area contributed by atoms with Crippen LogP contribution in [0.25, 0.3) is 0 Å². The van der Waals surface area contributed by atoms with Crippen molar-refractivity contribution in [3.8, 4) is 0 Å². The molecule has 1 fully saturated rings. The Morgan fingerprint density at radius 3 is 1.73 bits per heavy atom. The third-order valence-corrected chi connectivity index (χ3v) is 3.28. The molecule has 10 heteroatoms. The van der Waals surface area contributed by atoms with Crippen molar-refractivity contribution in [3.05, 3.63) is 0 Å². The smallest absolute Gasteiger partial charge is 0.303 e. The van der Waals surface area contributed by atoms with E-state index in [4.69, 9.17) is 28.4 Å². The van der Waals surface area contributed by atoms with E-state index in [1.54, 1.807) is 6.92 Å². The van der Waals surface area contributed by atoms with Crippen LogP contribution in [0.4, 0.5) is 0 Å². The lowest BCUT2D eigenvalue weighted by Crippen LogP contribution is -2.62. The van der Waals surface area contributed by atoms with Gasteiger partial charge in [-0.1, -0.05) is 0 Å². The zero-order chi connectivity index (χ0) is 19.9. The van der Waals surface area contributed by atoms with Gasteiger partial charge in [0.25, 0.3) is 0 Å². The summed E-state index contributed by atoms with van der Waals surface area (Å²) < 4.78 is 31.7. The van der Waals surface area contributed by atoms with Crippen LogP contribution in [0.3, 0.4) is 0 Å². The van der Waals surface area contributed by atoms with Crippen LogP contribution in [0.15, 0.2) is 0 Å². The molecule has 1 saturated heterocycles. The predicted octanol–water partition coefficient (Wildman–Crippen LogP) is 0.106. The molecule has 0 bridgehead atoms. The molecule has 0 aromatic rings. The lowest BCUT2D eigenvalue weighted by Gasteiger charge is -2.43. The van der Waals surface area contributed by atoms with Gasteiger partial charge < -0.3 is 28.4 Å². The second-order valence-corrected chi connectivity index (χ2v) is 5.52. The van der Waals surface area contributed by atoms with E-state index in [-0.39, 0.29) is 13.2 Å². The highest BCUT2D eigenvalue weighted by Gasteiger charge is 2.52. The Balaban J connectivity index is 3.22. The molecule has 0 radical (unpaired) electrons. The summed E-state index contributed by atoms with van der Waals surface area (Å²) in [7, 11) is 0. The van der Waals surface area contributed by atoms with Gasteiger partial charge in [-0.15, -0.1) is 0 Å². The van der Waals surface area contributed by atoms with Crippen LogP contribution in [-0.4, -0.2) is 67.8 Å². The van der Waals surface area contributed by atoms with Gasteiger partial charge in [-0.3, -0.25) is 19.2 Å².